The van der Waals surface area contributed by atoms with E-state index in [1.807, 2.05) is 6.92 Å². The molecule has 1 fully saturated rings. The first-order valence-electron chi connectivity index (χ1n) is 4.23. The maximum atomic E-state index is 11.1. The van der Waals surface area contributed by atoms with E-state index in [2.05, 4.69) is 0 Å². The number of hydrogen-bond donors (Lipinski definition) is 0. The van der Waals surface area contributed by atoms with Gasteiger partial charge in [-0.3, -0.25) is 0 Å². The molecule has 59 valence electrons. The molecule has 0 saturated heterocycles. The Morgan fingerprint density at radius 2 is 2.27 bits per heavy atom. The predicted molar refractivity (Wildman–Crippen MR) is 37.7 cm³/mol. The second-order valence-electron chi connectivity index (χ2n) is 3.08. The molecule has 0 spiro atoms. The number of carbonyl (C=O) groups excluding carboxylic acids is 1. The van der Waals surface area contributed by atoms with Gasteiger partial charge in [0.05, 0.1) is 0 Å². The molecule has 1 rings (SSSR count). The zero-order chi connectivity index (χ0) is 8.27. The Balaban J connectivity index is 2.16. The number of ether oxygens (including phenoxy) is 1. The van der Waals surface area contributed by atoms with E-state index in [4.69, 9.17) is 4.74 Å². The van der Waals surface area contributed by atoms with Crippen LogP contribution < -0.4 is 0 Å². The average molecular weight is 207 g/mol. The molecule has 0 radical (unpaired) electrons. The van der Waals surface area contributed by atoms with Crippen molar-refractivity contribution in [3.05, 3.63) is 0 Å². The van der Waals surface area contributed by atoms with Crippen LogP contribution in [0.1, 0.15) is 19.8 Å². The van der Waals surface area contributed by atoms with Crippen molar-refractivity contribution in [2.45, 2.75) is 24.8 Å². The van der Waals surface area contributed by atoms with E-state index in [0.717, 1.165) is 18.8 Å². The van der Waals surface area contributed by atoms with Gasteiger partial charge in [-0.2, -0.15) is 0 Å². The first-order chi connectivity index (χ1) is 5.27. The molecule has 2 nitrogen and oxygen atoms in total. The van der Waals surface area contributed by atoms with Crippen molar-refractivity contribution in [3.63, 3.8) is 0 Å². The molecule has 0 aromatic rings. The Kier molecular flexibility index (Phi) is 3.51. The van der Waals surface area contributed by atoms with Gasteiger partial charge in [0.15, 0.2) is 0 Å². The van der Waals surface area contributed by atoms with Crippen LogP contribution in [0.15, 0.2) is 0 Å². The van der Waals surface area contributed by atoms with Crippen LogP contribution in [0.3, 0.4) is 0 Å². The van der Waals surface area contributed by atoms with Gasteiger partial charge in [-0.15, -0.1) is 0 Å². The van der Waals surface area contributed by atoms with Gasteiger partial charge in [0.25, 0.3) is 0 Å². The molecule has 0 heterocycles. The van der Waals surface area contributed by atoms with Crippen LogP contribution >= 0.6 is 0 Å². The fourth-order valence-corrected chi connectivity index (χ4v) is 2.41. The van der Waals surface area contributed by atoms with E-state index in [-0.39, 0.29) is 11.9 Å². The molecule has 0 aromatic heterocycles. The molecule has 0 unspecified atom stereocenters. The molecule has 1 aliphatic carbocycles. The van der Waals surface area contributed by atoms with Crippen molar-refractivity contribution < 1.29 is 27.8 Å². The minimum absolute atomic E-state index is 0.0252. The summed E-state index contributed by atoms with van der Waals surface area (Å²) >= 11 is 1.36. The minimum atomic E-state index is 0.0252. The van der Waals surface area contributed by atoms with Gasteiger partial charge in [0.2, 0.25) is 0 Å². The van der Waals surface area contributed by atoms with Gasteiger partial charge in [0.1, 0.15) is 0 Å². The van der Waals surface area contributed by atoms with Gasteiger partial charge in [-0.1, -0.05) is 0 Å². The van der Waals surface area contributed by atoms with E-state index < -0.39 is 0 Å². The molecule has 3 heteroatoms. The molecule has 0 N–H and O–H groups in total. The van der Waals surface area contributed by atoms with Crippen molar-refractivity contribution in [3.8, 4) is 0 Å². The second-order valence-corrected chi connectivity index (χ2v) is 4.29. The normalized spacial score (nSPS) is 29.4. The molecular formula is C8H13O2Zn. The van der Waals surface area contributed by atoms with E-state index in [0.29, 0.717) is 6.61 Å². The molecule has 0 aliphatic heterocycles. The van der Waals surface area contributed by atoms with Gasteiger partial charge in [-0.25, -0.2) is 0 Å². The number of rotatable bonds is 3. The van der Waals surface area contributed by atoms with Crippen molar-refractivity contribution in [1.29, 1.82) is 0 Å². The van der Waals surface area contributed by atoms with Crippen molar-refractivity contribution in [2.24, 2.45) is 11.8 Å². The summed E-state index contributed by atoms with van der Waals surface area (Å²) in [6.45, 7) is 2.39. The van der Waals surface area contributed by atoms with Crippen LogP contribution in [0.25, 0.3) is 0 Å². The topological polar surface area (TPSA) is 26.3 Å². The van der Waals surface area contributed by atoms with E-state index in [1.54, 1.807) is 0 Å². The van der Waals surface area contributed by atoms with Crippen LogP contribution in [0.4, 0.5) is 0 Å². The summed E-state index contributed by atoms with van der Waals surface area (Å²) in [5.74, 6) is 1.10. The third-order valence-corrected chi connectivity index (χ3v) is 3.98. The van der Waals surface area contributed by atoms with Crippen LogP contribution in [0.5, 0.6) is 0 Å². The van der Waals surface area contributed by atoms with Crippen LogP contribution in [-0.2, 0) is 27.8 Å². The Morgan fingerprint density at radius 1 is 1.64 bits per heavy atom. The fraction of sp³-hybridized carbons (Fsp3) is 0.875. The third-order valence-electron chi connectivity index (χ3n) is 2.26. The maximum absolute atomic E-state index is 11.1. The van der Waals surface area contributed by atoms with Crippen LogP contribution in [0, 0.1) is 11.8 Å². The molecule has 0 bridgehead atoms. The molecular weight excluding hydrogens is 193 g/mol. The van der Waals surface area contributed by atoms with Crippen molar-refractivity contribution >= 4 is 5.97 Å². The first kappa shape index (κ1) is 9.18. The zero-order valence-electron chi connectivity index (χ0n) is 7.01. The summed E-state index contributed by atoms with van der Waals surface area (Å²) in [5, 5.41) is 1.33. The third kappa shape index (κ3) is 2.26. The van der Waals surface area contributed by atoms with Crippen molar-refractivity contribution in [2.75, 3.05) is 6.61 Å². The average Bonchev–Trinajstić information content (AvgIpc) is 1.86. The first-order valence-corrected chi connectivity index (χ1v) is 6.33. The van der Waals surface area contributed by atoms with E-state index in [1.165, 1.54) is 23.3 Å². The monoisotopic (exact) mass is 205 g/mol. The van der Waals surface area contributed by atoms with Gasteiger partial charge >= 0.3 is 77.0 Å². The summed E-state index contributed by atoms with van der Waals surface area (Å²) in [7, 11) is 0. The quantitative estimate of drug-likeness (QED) is 0.517. The van der Waals surface area contributed by atoms with Gasteiger partial charge in [-0.05, 0) is 0 Å². The summed E-state index contributed by atoms with van der Waals surface area (Å²) in [6.07, 6.45) is 2.16. The number of esters is 1. The van der Waals surface area contributed by atoms with E-state index in [9.17, 15) is 4.79 Å². The molecule has 0 aromatic carbocycles. The summed E-state index contributed by atoms with van der Waals surface area (Å²) < 4.78 is 4.91. The Bertz CT molecular complexity index is 141. The molecule has 1 aliphatic rings. The summed E-state index contributed by atoms with van der Waals surface area (Å²) in [4.78, 5) is 11.1. The number of hydrogen-bond acceptors (Lipinski definition) is 2. The molecule has 1 saturated carbocycles. The second kappa shape index (κ2) is 4.20. The van der Waals surface area contributed by atoms with Crippen LogP contribution in [-0.4, -0.2) is 12.6 Å². The summed E-state index contributed by atoms with van der Waals surface area (Å²) in [5.41, 5.74) is 0. The standard InChI is InChI=1S/C8H13O2.Zn/c1-3-10-8(9)7-4-6(2)5-7;/h6-7H,2-5H2,1H3;. The predicted octanol–water partition coefficient (Wildman–Crippen LogP) is 1.54. The SMILES string of the molecule is CCOC(=O)C1CC([CH2][Zn])C1. The molecule has 11 heavy (non-hydrogen) atoms. The molecule has 0 atom stereocenters. The summed E-state index contributed by atoms with van der Waals surface area (Å²) in [6, 6.07) is 0. The van der Waals surface area contributed by atoms with Gasteiger partial charge in [0, 0.05) is 0 Å². The van der Waals surface area contributed by atoms with Gasteiger partial charge < -0.3 is 0 Å². The van der Waals surface area contributed by atoms with E-state index >= 15 is 0 Å². The zero-order valence-corrected chi connectivity index (χ0v) is 9.97. The Hall–Kier alpha value is 0.0934. The number of carbonyl (C=O) groups is 1. The molecule has 0 amide bonds. The van der Waals surface area contributed by atoms with Crippen molar-refractivity contribution in [1.82, 2.24) is 0 Å². The van der Waals surface area contributed by atoms with Crippen LogP contribution in [0.2, 0.25) is 5.02 Å². The Labute approximate surface area is 77.4 Å². The Morgan fingerprint density at radius 3 is 2.73 bits per heavy atom. The fourth-order valence-electron chi connectivity index (χ4n) is 1.42.